The monoisotopic (exact) mass is 508 g/mol. The molecule has 2 aromatic carbocycles. The van der Waals surface area contributed by atoms with Crippen molar-refractivity contribution in [3.05, 3.63) is 69.9 Å². The molecule has 0 spiro atoms. The van der Waals surface area contributed by atoms with E-state index >= 15 is 0 Å². The summed E-state index contributed by atoms with van der Waals surface area (Å²) in [6.07, 6.45) is 5.64. The van der Waals surface area contributed by atoms with Crippen LogP contribution in [0.15, 0.2) is 47.0 Å². The Bertz CT molecular complexity index is 1170. The topological polar surface area (TPSA) is 75.4 Å². The van der Waals surface area contributed by atoms with Crippen molar-refractivity contribution in [2.24, 2.45) is 5.92 Å². The second-order valence-corrected chi connectivity index (χ2v) is 10.8. The summed E-state index contributed by atoms with van der Waals surface area (Å²) < 4.78 is 5.94. The molecule has 192 valence electrons. The van der Waals surface area contributed by atoms with Crippen LogP contribution in [0.4, 0.5) is 5.69 Å². The van der Waals surface area contributed by atoms with Gasteiger partial charge in [0.1, 0.15) is 0 Å². The van der Waals surface area contributed by atoms with Gasteiger partial charge in [-0.3, -0.25) is 4.79 Å². The number of aliphatic hydroxyl groups excluding tert-OH is 1. The summed E-state index contributed by atoms with van der Waals surface area (Å²) in [5.41, 5.74) is 6.06. The number of aliphatic hydroxyl groups is 1. The summed E-state index contributed by atoms with van der Waals surface area (Å²) in [4.78, 5) is 13.1. The van der Waals surface area contributed by atoms with Gasteiger partial charge in [-0.1, -0.05) is 67.9 Å². The van der Waals surface area contributed by atoms with Gasteiger partial charge in [0.2, 0.25) is 5.91 Å². The molecule has 0 radical (unpaired) electrons. The zero-order valence-corrected chi connectivity index (χ0v) is 22.3. The van der Waals surface area contributed by atoms with Crippen molar-refractivity contribution in [3.8, 4) is 11.3 Å². The van der Waals surface area contributed by atoms with Crippen LogP contribution >= 0.6 is 11.6 Å². The number of aromatic nitrogens is 1. The lowest BCUT2D eigenvalue weighted by Gasteiger charge is -2.16. The largest absolute Gasteiger partial charge is 0.396 e. The summed E-state index contributed by atoms with van der Waals surface area (Å²) >= 11 is 6.40. The first-order chi connectivity index (χ1) is 17.4. The highest BCUT2D eigenvalue weighted by molar-refractivity contribution is 6.33. The molecule has 0 saturated heterocycles. The average molecular weight is 509 g/mol. The van der Waals surface area contributed by atoms with Gasteiger partial charge in [-0.05, 0) is 73.6 Å². The van der Waals surface area contributed by atoms with E-state index in [4.69, 9.17) is 16.1 Å². The van der Waals surface area contributed by atoms with Gasteiger partial charge in [0.25, 0.3) is 0 Å². The third-order valence-corrected chi connectivity index (χ3v) is 7.16. The molecular formula is C30H37ClN2O3. The van der Waals surface area contributed by atoms with Gasteiger partial charge in [-0.15, -0.1) is 0 Å². The zero-order valence-electron chi connectivity index (χ0n) is 21.5. The van der Waals surface area contributed by atoms with Gasteiger partial charge in [0.15, 0.2) is 5.76 Å². The molecular weight excluding hydrogens is 472 g/mol. The number of benzene rings is 2. The lowest BCUT2D eigenvalue weighted by atomic mass is 9.89. The van der Waals surface area contributed by atoms with E-state index in [1.54, 1.807) is 0 Å². The van der Waals surface area contributed by atoms with Crippen LogP contribution in [-0.4, -0.2) is 22.8 Å². The Kier molecular flexibility index (Phi) is 8.86. The molecule has 0 bridgehead atoms. The van der Waals surface area contributed by atoms with E-state index in [2.05, 4.69) is 55.5 Å². The average Bonchev–Trinajstić information content (AvgIpc) is 3.61. The number of rotatable bonds is 12. The van der Waals surface area contributed by atoms with Crippen molar-refractivity contribution in [2.75, 3.05) is 11.9 Å². The Morgan fingerprint density at radius 2 is 1.89 bits per heavy atom. The van der Waals surface area contributed by atoms with Crippen LogP contribution in [0.1, 0.15) is 87.1 Å². The quantitative estimate of drug-likeness (QED) is 0.265. The number of anilines is 1. The van der Waals surface area contributed by atoms with E-state index in [0.717, 1.165) is 53.8 Å². The number of nitrogens with one attached hydrogen (secondary N) is 1. The van der Waals surface area contributed by atoms with Crippen molar-refractivity contribution in [1.29, 1.82) is 0 Å². The Hall–Kier alpha value is -2.63. The molecule has 1 aliphatic rings. The third kappa shape index (κ3) is 6.57. The number of hydrogen-bond donors (Lipinski definition) is 2. The first-order valence-corrected chi connectivity index (χ1v) is 13.5. The van der Waals surface area contributed by atoms with E-state index in [0.29, 0.717) is 35.4 Å². The molecule has 36 heavy (non-hydrogen) atoms. The van der Waals surface area contributed by atoms with Crippen molar-refractivity contribution in [1.82, 2.24) is 5.16 Å². The van der Waals surface area contributed by atoms with E-state index in [1.807, 2.05) is 18.2 Å². The van der Waals surface area contributed by atoms with Crippen LogP contribution < -0.4 is 5.32 Å². The standard InChI is InChI=1S/C30H37ClN2O3/c1-4-20-9-14-26(25(31)17-20)32-27(35)18-24(6-5-15-34)29-28(22-12-13-22)30(36-33-29)23-10-7-21(8-11-23)16-19(2)3/h7-11,14,17,19,22,24,34H,4-6,12-13,15-16,18H2,1-3H3,(H,32,35). The number of hydrogen-bond acceptors (Lipinski definition) is 4. The molecule has 1 heterocycles. The summed E-state index contributed by atoms with van der Waals surface area (Å²) in [6.45, 7) is 6.58. The minimum Gasteiger partial charge on any atom is -0.396 e. The number of amides is 1. The van der Waals surface area contributed by atoms with Crippen LogP contribution in [0.25, 0.3) is 11.3 Å². The first kappa shape index (κ1) is 26.4. The third-order valence-electron chi connectivity index (χ3n) is 6.85. The van der Waals surface area contributed by atoms with E-state index < -0.39 is 0 Å². The van der Waals surface area contributed by atoms with Gasteiger partial charge < -0.3 is 14.9 Å². The Morgan fingerprint density at radius 1 is 1.17 bits per heavy atom. The summed E-state index contributed by atoms with van der Waals surface area (Å²) in [5.74, 6) is 1.57. The van der Waals surface area contributed by atoms with Crippen LogP contribution in [-0.2, 0) is 17.6 Å². The molecule has 1 saturated carbocycles. The second kappa shape index (κ2) is 12.1. The molecule has 1 amide bonds. The second-order valence-electron chi connectivity index (χ2n) is 10.4. The fraction of sp³-hybridized carbons (Fsp3) is 0.467. The van der Waals surface area contributed by atoms with Gasteiger partial charge in [0.05, 0.1) is 16.4 Å². The molecule has 1 fully saturated rings. The lowest BCUT2D eigenvalue weighted by Crippen LogP contribution is -2.17. The Morgan fingerprint density at radius 3 is 2.50 bits per heavy atom. The minimum absolute atomic E-state index is 0.0726. The SMILES string of the molecule is CCc1ccc(NC(=O)CC(CCCO)c2noc(-c3ccc(CC(C)C)cc3)c2C2CC2)c(Cl)c1. The molecule has 1 atom stereocenters. The zero-order chi connectivity index (χ0) is 25.7. The van der Waals surface area contributed by atoms with Crippen LogP contribution in [0.5, 0.6) is 0 Å². The first-order valence-electron chi connectivity index (χ1n) is 13.2. The normalized spacial score (nSPS) is 14.3. The van der Waals surface area contributed by atoms with Crippen molar-refractivity contribution in [3.63, 3.8) is 0 Å². The maximum atomic E-state index is 13.1. The lowest BCUT2D eigenvalue weighted by molar-refractivity contribution is -0.116. The molecule has 6 heteroatoms. The molecule has 0 aliphatic heterocycles. The van der Waals surface area contributed by atoms with E-state index in [1.165, 1.54) is 5.56 Å². The molecule has 1 unspecified atom stereocenters. The molecule has 4 rings (SSSR count). The fourth-order valence-corrected chi connectivity index (χ4v) is 5.07. The number of halogens is 1. The fourth-order valence-electron chi connectivity index (χ4n) is 4.82. The van der Waals surface area contributed by atoms with Gasteiger partial charge in [-0.25, -0.2) is 0 Å². The highest BCUT2D eigenvalue weighted by Gasteiger charge is 2.36. The molecule has 1 aromatic heterocycles. The molecule has 2 N–H and O–H groups in total. The van der Waals surface area contributed by atoms with Gasteiger partial charge in [0, 0.05) is 30.1 Å². The van der Waals surface area contributed by atoms with Crippen LogP contribution in [0.3, 0.4) is 0 Å². The Balaban J connectivity index is 1.57. The predicted molar refractivity (Wildman–Crippen MR) is 146 cm³/mol. The number of carbonyl (C=O) groups excluding carboxylic acids is 1. The number of carbonyl (C=O) groups is 1. The highest BCUT2D eigenvalue weighted by atomic mass is 35.5. The molecule has 1 aliphatic carbocycles. The van der Waals surface area contributed by atoms with E-state index in [9.17, 15) is 9.90 Å². The smallest absolute Gasteiger partial charge is 0.225 e. The maximum Gasteiger partial charge on any atom is 0.225 e. The van der Waals surface area contributed by atoms with Crippen molar-refractivity contribution < 1.29 is 14.4 Å². The minimum atomic E-state index is -0.140. The molecule has 5 nitrogen and oxygen atoms in total. The van der Waals surface area contributed by atoms with Crippen LogP contribution in [0, 0.1) is 5.92 Å². The van der Waals surface area contributed by atoms with Gasteiger partial charge in [-0.2, -0.15) is 0 Å². The number of aryl methyl sites for hydroxylation is 1. The van der Waals surface area contributed by atoms with Crippen molar-refractivity contribution >= 4 is 23.2 Å². The summed E-state index contributed by atoms with van der Waals surface area (Å²) in [6, 6.07) is 14.3. The predicted octanol–water partition coefficient (Wildman–Crippen LogP) is 7.52. The summed E-state index contributed by atoms with van der Waals surface area (Å²) in [5, 5.41) is 17.5. The Labute approximate surface area is 219 Å². The number of nitrogens with zero attached hydrogens (tertiary/aromatic N) is 1. The maximum absolute atomic E-state index is 13.1. The summed E-state index contributed by atoms with van der Waals surface area (Å²) in [7, 11) is 0. The van der Waals surface area contributed by atoms with Gasteiger partial charge >= 0.3 is 0 Å². The van der Waals surface area contributed by atoms with Crippen molar-refractivity contribution in [2.45, 2.75) is 77.6 Å². The van der Waals surface area contributed by atoms with E-state index in [-0.39, 0.29) is 24.9 Å². The highest BCUT2D eigenvalue weighted by Crippen LogP contribution is 2.48. The van der Waals surface area contributed by atoms with Crippen LogP contribution in [0.2, 0.25) is 5.02 Å². The molecule has 3 aromatic rings.